The van der Waals surface area contributed by atoms with Crippen molar-refractivity contribution in [3.63, 3.8) is 0 Å². The van der Waals surface area contributed by atoms with Crippen LogP contribution in [0.5, 0.6) is 0 Å². The average molecular weight is 173 g/mol. The first-order chi connectivity index (χ1) is 6.43. The third-order valence-electron chi connectivity index (χ3n) is 1.66. The highest BCUT2D eigenvalue weighted by atomic mass is 14.8. The smallest absolute Gasteiger partial charge is 0.0141 e. The maximum atomic E-state index is 3.63. The standard InChI is InChI=1S/C12H15N/c1-2-10-13-11-6-9-12-7-4-3-5-8-12/h2-9,13H,1,10-11H2/b9-6+. The molecule has 0 saturated carbocycles. The Morgan fingerprint density at radius 2 is 1.92 bits per heavy atom. The van der Waals surface area contributed by atoms with E-state index in [9.17, 15) is 0 Å². The minimum Gasteiger partial charge on any atom is -0.310 e. The van der Waals surface area contributed by atoms with Gasteiger partial charge in [-0.3, -0.25) is 0 Å². The van der Waals surface area contributed by atoms with Crippen molar-refractivity contribution in [2.75, 3.05) is 13.1 Å². The fraction of sp³-hybridized carbons (Fsp3) is 0.167. The van der Waals surface area contributed by atoms with Crippen LogP contribution in [0.2, 0.25) is 0 Å². The topological polar surface area (TPSA) is 12.0 Å². The quantitative estimate of drug-likeness (QED) is 0.533. The van der Waals surface area contributed by atoms with E-state index in [2.05, 4.69) is 36.2 Å². The normalized spacial score (nSPS) is 10.5. The summed E-state index contributed by atoms with van der Waals surface area (Å²) >= 11 is 0. The minimum atomic E-state index is 0.860. The lowest BCUT2D eigenvalue weighted by Gasteiger charge is -1.94. The van der Waals surface area contributed by atoms with Crippen LogP contribution in [0.1, 0.15) is 5.56 Å². The van der Waals surface area contributed by atoms with E-state index in [1.54, 1.807) is 0 Å². The summed E-state index contributed by atoms with van der Waals surface area (Å²) in [4.78, 5) is 0. The Morgan fingerprint density at radius 1 is 1.15 bits per heavy atom. The Bertz CT molecular complexity index is 262. The highest BCUT2D eigenvalue weighted by molar-refractivity contribution is 5.48. The van der Waals surface area contributed by atoms with E-state index < -0.39 is 0 Å². The summed E-state index contributed by atoms with van der Waals surface area (Å²) in [7, 11) is 0. The zero-order valence-corrected chi connectivity index (χ0v) is 7.74. The van der Waals surface area contributed by atoms with Crippen LogP contribution >= 0.6 is 0 Å². The van der Waals surface area contributed by atoms with Crippen LogP contribution in [-0.4, -0.2) is 13.1 Å². The molecule has 0 aliphatic carbocycles. The van der Waals surface area contributed by atoms with Crippen molar-refractivity contribution in [1.29, 1.82) is 0 Å². The van der Waals surface area contributed by atoms with Crippen LogP contribution in [0.25, 0.3) is 6.08 Å². The number of benzene rings is 1. The Kier molecular flexibility index (Phi) is 4.65. The monoisotopic (exact) mass is 173 g/mol. The molecule has 1 aromatic rings. The van der Waals surface area contributed by atoms with Crippen molar-refractivity contribution >= 4 is 6.08 Å². The van der Waals surface area contributed by atoms with E-state index in [4.69, 9.17) is 0 Å². The van der Waals surface area contributed by atoms with Crippen LogP contribution in [0.3, 0.4) is 0 Å². The highest BCUT2D eigenvalue weighted by Crippen LogP contribution is 1.99. The molecule has 0 aliphatic heterocycles. The van der Waals surface area contributed by atoms with Crippen molar-refractivity contribution in [3.8, 4) is 0 Å². The van der Waals surface area contributed by atoms with Gasteiger partial charge in [-0.25, -0.2) is 0 Å². The van der Waals surface area contributed by atoms with Gasteiger partial charge in [-0.2, -0.15) is 0 Å². The van der Waals surface area contributed by atoms with E-state index >= 15 is 0 Å². The number of hydrogen-bond donors (Lipinski definition) is 1. The fourth-order valence-corrected chi connectivity index (χ4v) is 1.03. The van der Waals surface area contributed by atoms with Crippen LogP contribution in [0.15, 0.2) is 49.1 Å². The van der Waals surface area contributed by atoms with E-state index in [-0.39, 0.29) is 0 Å². The summed E-state index contributed by atoms with van der Waals surface area (Å²) in [6.07, 6.45) is 6.07. The van der Waals surface area contributed by atoms with Crippen molar-refractivity contribution in [3.05, 3.63) is 54.6 Å². The molecule has 1 rings (SSSR count). The summed E-state index contributed by atoms with van der Waals surface area (Å²) in [5.74, 6) is 0. The maximum Gasteiger partial charge on any atom is 0.0141 e. The highest BCUT2D eigenvalue weighted by Gasteiger charge is 1.81. The van der Waals surface area contributed by atoms with Crippen LogP contribution < -0.4 is 5.32 Å². The molecule has 68 valence electrons. The van der Waals surface area contributed by atoms with Crippen LogP contribution in [0, 0.1) is 0 Å². The lowest BCUT2D eigenvalue weighted by atomic mass is 10.2. The molecule has 0 bridgehead atoms. The summed E-state index contributed by atoms with van der Waals surface area (Å²) < 4.78 is 0. The van der Waals surface area contributed by atoms with E-state index in [0.29, 0.717) is 0 Å². The Morgan fingerprint density at radius 3 is 2.62 bits per heavy atom. The largest absolute Gasteiger partial charge is 0.310 e. The summed E-state index contributed by atoms with van der Waals surface area (Å²) in [6.45, 7) is 5.38. The predicted molar refractivity (Wildman–Crippen MR) is 58.5 cm³/mol. The van der Waals surface area contributed by atoms with Gasteiger partial charge < -0.3 is 5.32 Å². The second-order valence-corrected chi connectivity index (χ2v) is 2.76. The van der Waals surface area contributed by atoms with E-state index in [0.717, 1.165) is 13.1 Å². The predicted octanol–water partition coefficient (Wildman–Crippen LogP) is 2.48. The SMILES string of the molecule is C=CCNC/C=C/c1ccccc1. The van der Waals surface area contributed by atoms with Crippen molar-refractivity contribution in [1.82, 2.24) is 5.32 Å². The van der Waals surface area contributed by atoms with Gasteiger partial charge in [0.25, 0.3) is 0 Å². The van der Waals surface area contributed by atoms with Gasteiger partial charge >= 0.3 is 0 Å². The molecule has 13 heavy (non-hydrogen) atoms. The van der Waals surface area contributed by atoms with Crippen molar-refractivity contribution in [2.24, 2.45) is 0 Å². The molecule has 1 N–H and O–H groups in total. The lowest BCUT2D eigenvalue weighted by Crippen LogP contribution is -2.12. The van der Waals surface area contributed by atoms with Gasteiger partial charge in [0.2, 0.25) is 0 Å². The molecular formula is C12H15N. The molecule has 1 heteroatoms. The Hall–Kier alpha value is -1.34. The van der Waals surface area contributed by atoms with Crippen LogP contribution in [0.4, 0.5) is 0 Å². The zero-order valence-electron chi connectivity index (χ0n) is 7.74. The second kappa shape index (κ2) is 6.21. The average Bonchev–Trinajstić information content (AvgIpc) is 2.19. The molecule has 0 aromatic heterocycles. The van der Waals surface area contributed by atoms with Gasteiger partial charge in [-0.15, -0.1) is 6.58 Å². The molecule has 0 atom stereocenters. The first-order valence-electron chi connectivity index (χ1n) is 4.46. The molecule has 1 aromatic carbocycles. The van der Waals surface area contributed by atoms with Gasteiger partial charge in [-0.1, -0.05) is 48.6 Å². The Balaban J connectivity index is 2.28. The zero-order chi connectivity index (χ0) is 9.36. The number of hydrogen-bond acceptors (Lipinski definition) is 1. The Labute approximate surface area is 79.8 Å². The summed E-state index contributed by atoms with van der Waals surface area (Å²) in [5.41, 5.74) is 1.24. The molecule has 1 nitrogen and oxygen atoms in total. The van der Waals surface area contributed by atoms with Gasteiger partial charge in [0, 0.05) is 13.1 Å². The second-order valence-electron chi connectivity index (χ2n) is 2.76. The molecular weight excluding hydrogens is 158 g/mol. The van der Waals surface area contributed by atoms with Gasteiger partial charge in [0.05, 0.1) is 0 Å². The summed E-state index contributed by atoms with van der Waals surface area (Å²) in [6, 6.07) is 10.3. The molecule has 0 saturated heterocycles. The van der Waals surface area contributed by atoms with E-state index in [1.165, 1.54) is 5.56 Å². The van der Waals surface area contributed by atoms with Gasteiger partial charge in [0.15, 0.2) is 0 Å². The third-order valence-corrected chi connectivity index (χ3v) is 1.66. The summed E-state index contributed by atoms with van der Waals surface area (Å²) in [5, 5.41) is 3.20. The van der Waals surface area contributed by atoms with Gasteiger partial charge in [-0.05, 0) is 5.56 Å². The van der Waals surface area contributed by atoms with Crippen LogP contribution in [-0.2, 0) is 0 Å². The third kappa shape index (κ3) is 4.28. The molecule has 0 fully saturated rings. The molecule has 0 spiro atoms. The lowest BCUT2D eigenvalue weighted by molar-refractivity contribution is 0.846. The first-order valence-corrected chi connectivity index (χ1v) is 4.46. The minimum absolute atomic E-state index is 0.860. The maximum absolute atomic E-state index is 3.63. The number of rotatable bonds is 5. The molecule has 0 aliphatic rings. The van der Waals surface area contributed by atoms with Crippen molar-refractivity contribution < 1.29 is 0 Å². The fourth-order valence-electron chi connectivity index (χ4n) is 1.03. The van der Waals surface area contributed by atoms with E-state index in [1.807, 2.05) is 24.3 Å². The molecule has 0 unspecified atom stereocenters. The van der Waals surface area contributed by atoms with Crippen molar-refractivity contribution in [2.45, 2.75) is 0 Å². The molecule has 0 radical (unpaired) electrons. The molecule has 0 heterocycles. The first kappa shape index (κ1) is 9.75. The number of nitrogens with one attached hydrogen (secondary N) is 1. The van der Waals surface area contributed by atoms with Gasteiger partial charge in [0.1, 0.15) is 0 Å². The molecule has 0 amide bonds.